The lowest BCUT2D eigenvalue weighted by molar-refractivity contribution is -0.127. The predicted octanol–water partition coefficient (Wildman–Crippen LogP) is 3.04. The highest BCUT2D eigenvalue weighted by atomic mass is 16.5. The van der Waals surface area contributed by atoms with Crippen molar-refractivity contribution in [2.45, 2.75) is 19.4 Å². The van der Waals surface area contributed by atoms with Crippen LogP contribution < -0.4 is 14.8 Å². The van der Waals surface area contributed by atoms with Gasteiger partial charge in [-0.3, -0.25) is 4.79 Å². The smallest absolute Gasteiger partial charge is 0.260 e. The van der Waals surface area contributed by atoms with Crippen molar-refractivity contribution in [2.75, 3.05) is 13.2 Å². The molecule has 1 unspecified atom stereocenters. The fourth-order valence-corrected chi connectivity index (χ4v) is 1.89. The molecule has 1 N–H and O–H groups in total. The summed E-state index contributed by atoms with van der Waals surface area (Å²) in [7, 11) is 0. The van der Waals surface area contributed by atoms with Gasteiger partial charge in [-0.1, -0.05) is 36.4 Å². The molecule has 0 saturated carbocycles. The zero-order valence-electron chi connectivity index (χ0n) is 12.7. The molecule has 4 nitrogen and oxygen atoms in total. The summed E-state index contributed by atoms with van der Waals surface area (Å²) < 4.78 is 11.1. The zero-order valence-corrected chi connectivity index (χ0v) is 12.7. The van der Waals surface area contributed by atoms with E-state index in [0.717, 1.165) is 12.2 Å². The van der Waals surface area contributed by atoms with Crippen LogP contribution in [0.2, 0.25) is 0 Å². The minimum atomic E-state index is -0.516. The topological polar surface area (TPSA) is 47.6 Å². The Morgan fingerprint density at radius 1 is 1.00 bits per heavy atom. The number of para-hydroxylation sites is 2. The Hall–Kier alpha value is -2.49. The van der Waals surface area contributed by atoms with Crippen LogP contribution in [-0.2, 0) is 4.79 Å². The number of carbonyl (C=O) groups excluding carboxylic acids is 1. The van der Waals surface area contributed by atoms with Crippen molar-refractivity contribution in [2.24, 2.45) is 0 Å². The molecular formula is C18H21NO3. The van der Waals surface area contributed by atoms with Gasteiger partial charge in [0, 0.05) is 6.54 Å². The normalized spacial score (nSPS) is 11.5. The number of rotatable bonds is 8. The second kappa shape index (κ2) is 8.72. The molecule has 0 aliphatic rings. The van der Waals surface area contributed by atoms with E-state index in [1.54, 1.807) is 6.92 Å². The molecule has 2 rings (SSSR count). The lowest BCUT2D eigenvalue weighted by atomic mass is 10.3. The molecule has 1 atom stereocenters. The van der Waals surface area contributed by atoms with Gasteiger partial charge in [0.15, 0.2) is 6.10 Å². The van der Waals surface area contributed by atoms with Crippen LogP contribution in [0, 0.1) is 0 Å². The first kappa shape index (κ1) is 15.9. The first-order valence-corrected chi connectivity index (χ1v) is 7.43. The van der Waals surface area contributed by atoms with Gasteiger partial charge in [0.05, 0.1) is 6.61 Å². The molecule has 2 aromatic rings. The monoisotopic (exact) mass is 299 g/mol. The number of benzene rings is 2. The summed E-state index contributed by atoms with van der Waals surface area (Å²) in [5, 5.41) is 2.85. The second-order valence-electron chi connectivity index (χ2n) is 4.88. The fraction of sp³-hybridized carbons (Fsp3) is 0.278. The Morgan fingerprint density at radius 2 is 1.59 bits per heavy atom. The third-order valence-corrected chi connectivity index (χ3v) is 3.06. The molecule has 0 spiro atoms. The van der Waals surface area contributed by atoms with E-state index in [1.807, 2.05) is 60.7 Å². The number of amides is 1. The SMILES string of the molecule is CC(Oc1ccccc1)C(=O)NCCCOc1ccccc1. The maximum Gasteiger partial charge on any atom is 0.260 e. The summed E-state index contributed by atoms with van der Waals surface area (Å²) >= 11 is 0. The van der Waals surface area contributed by atoms with Crippen LogP contribution in [0.4, 0.5) is 0 Å². The van der Waals surface area contributed by atoms with Crippen molar-refractivity contribution in [1.29, 1.82) is 0 Å². The van der Waals surface area contributed by atoms with Crippen LogP contribution >= 0.6 is 0 Å². The van der Waals surface area contributed by atoms with Crippen molar-refractivity contribution in [3.05, 3.63) is 60.7 Å². The van der Waals surface area contributed by atoms with Gasteiger partial charge in [0.2, 0.25) is 0 Å². The van der Waals surface area contributed by atoms with Crippen molar-refractivity contribution in [3.8, 4) is 11.5 Å². The quantitative estimate of drug-likeness (QED) is 0.762. The number of hydrogen-bond acceptors (Lipinski definition) is 3. The van der Waals surface area contributed by atoms with Gasteiger partial charge >= 0.3 is 0 Å². The highest BCUT2D eigenvalue weighted by molar-refractivity contribution is 5.80. The summed E-state index contributed by atoms with van der Waals surface area (Å²) in [6.07, 6.45) is 0.232. The third-order valence-electron chi connectivity index (χ3n) is 3.06. The van der Waals surface area contributed by atoms with Gasteiger partial charge in [-0.15, -0.1) is 0 Å². The maximum atomic E-state index is 11.9. The third kappa shape index (κ3) is 5.48. The molecule has 0 aliphatic carbocycles. The molecule has 4 heteroatoms. The number of ether oxygens (including phenoxy) is 2. The molecule has 0 fully saturated rings. The molecule has 116 valence electrons. The van der Waals surface area contributed by atoms with E-state index in [0.29, 0.717) is 18.9 Å². The van der Waals surface area contributed by atoms with E-state index in [2.05, 4.69) is 5.32 Å². The van der Waals surface area contributed by atoms with Crippen LogP contribution in [0.1, 0.15) is 13.3 Å². The summed E-state index contributed by atoms with van der Waals surface area (Å²) in [6.45, 7) is 2.87. The minimum Gasteiger partial charge on any atom is -0.494 e. The first-order valence-electron chi connectivity index (χ1n) is 7.43. The Morgan fingerprint density at radius 3 is 2.23 bits per heavy atom. The lowest BCUT2D eigenvalue weighted by Gasteiger charge is -2.14. The lowest BCUT2D eigenvalue weighted by Crippen LogP contribution is -2.37. The van der Waals surface area contributed by atoms with Gasteiger partial charge in [0.1, 0.15) is 11.5 Å². The van der Waals surface area contributed by atoms with E-state index in [9.17, 15) is 4.79 Å². The standard InChI is InChI=1S/C18H21NO3/c1-15(22-17-11-6-3-7-12-17)18(20)19-13-8-14-21-16-9-4-2-5-10-16/h2-7,9-12,15H,8,13-14H2,1H3,(H,19,20). The molecule has 1 amide bonds. The largest absolute Gasteiger partial charge is 0.494 e. The van der Waals surface area contributed by atoms with E-state index in [-0.39, 0.29) is 5.91 Å². The average Bonchev–Trinajstić information content (AvgIpc) is 2.56. The van der Waals surface area contributed by atoms with Gasteiger partial charge in [-0.05, 0) is 37.6 Å². The number of carbonyl (C=O) groups is 1. The van der Waals surface area contributed by atoms with Gasteiger partial charge < -0.3 is 14.8 Å². The molecule has 0 heterocycles. The fourth-order valence-electron chi connectivity index (χ4n) is 1.89. The molecule has 0 aromatic heterocycles. The van der Waals surface area contributed by atoms with Crippen LogP contribution in [0.3, 0.4) is 0 Å². The number of nitrogens with one attached hydrogen (secondary N) is 1. The van der Waals surface area contributed by atoms with Crippen molar-refractivity contribution >= 4 is 5.91 Å². The van der Waals surface area contributed by atoms with E-state index in [4.69, 9.17) is 9.47 Å². The van der Waals surface area contributed by atoms with Crippen LogP contribution in [0.25, 0.3) is 0 Å². The molecule has 22 heavy (non-hydrogen) atoms. The van der Waals surface area contributed by atoms with Crippen LogP contribution in [0.5, 0.6) is 11.5 Å². The summed E-state index contributed by atoms with van der Waals surface area (Å²) in [5.41, 5.74) is 0. The predicted molar refractivity (Wildman–Crippen MR) is 86.1 cm³/mol. The molecule has 0 bridgehead atoms. The highest BCUT2D eigenvalue weighted by Crippen LogP contribution is 2.11. The minimum absolute atomic E-state index is 0.122. The van der Waals surface area contributed by atoms with Crippen LogP contribution in [-0.4, -0.2) is 25.2 Å². The van der Waals surface area contributed by atoms with Crippen molar-refractivity contribution < 1.29 is 14.3 Å². The average molecular weight is 299 g/mol. The van der Waals surface area contributed by atoms with Gasteiger partial charge in [-0.2, -0.15) is 0 Å². The highest BCUT2D eigenvalue weighted by Gasteiger charge is 2.13. The Kier molecular flexibility index (Phi) is 6.30. The van der Waals surface area contributed by atoms with Crippen LogP contribution in [0.15, 0.2) is 60.7 Å². The molecule has 0 radical (unpaired) electrons. The van der Waals surface area contributed by atoms with Crippen molar-refractivity contribution in [3.63, 3.8) is 0 Å². The van der Waals surface area contributed by atoms with Crippen molar-refractivity contribution in [1.82, 2.24) is 5.32 Å². The Balaban J connectivity index is 1.61. The Labute approximate surface area is 131 Å². The first-order chi connectivity index (χ1) is 10.8. The maximum absolute atomic E-state index is 11.9. The number of hydrogen-bond donors (Lipinski definition) is 1. The summed E-state index contributed by atoms with van der Waals surface area (Å²) in [4.78, 5) is 11.9. The zero-order chi connectivity index (χ0) is 15.6. The summed E-state index contributed by atoms with van der Waals surface area (Å²) in [6, 6.07) is 18.9. The molecule has 2 aromatic carbocycles. The van der Waals surface area contributed by atoms with E-state index >= 15 is 0 Å². The Bertz CT molecular complexity index is 557. The van der Waals surface area contributed by atoms with E-state index in [1.165, 1.54) is 0 Å². The molecular weight excluding hydrogens is 278 g/mol. The summed E-state index contributed by atoms with van der Waals surface area (Å²) in [5.74, 6) is 1.41. The second-order valence-corrected chi connectivity index (χ2v) is 4.88. The van der Waals surface area contributed by atoms with Gasteiger partial charge in [-0.25, -0.2) is 0 Å². The van der Waals surface area contributed by atoms with E-state index < -0.39 is 6.10 Å². The molecule has 0 aliphatic heterocycles. The molecule has 0 saturated heterocycles. The van der Waals surface area contributed by atoms with Gasteiger partial charge in [0.25, 0.3) is 5.91 Å².